The number of benzene rings is 2. The van der Waals surface area contributed by atoms with E-state index in [1.807, 2.05) is 36.4 Å². The molecule has 2 unspecified atom stereocenters. The highest BCUT2D eigenvalue weighted by molar-refractivity contribution is 5.78. The van der Waals surface area contributed by atoms with Crippen LogP contribution in [0, 0.1) is 0 Å². The number of aromatic nitrogens is 1. The first-order valence-electron chi connectivity index (χ1n) is 6.93. The van der Waals surface area contributed by atoms with Crippen LogP contribution >= 0.6 is 0 Å². The number of fused-ring (bicyclic) bond motifs is 2. The van der Waals surface area contributed by atoms with Gasteiger partial charge in [-0.15, -0.1) is 0 Å². The van der Waals surface area contributed by atoms with Crippen molar-refractivity contribution >= 4 is 10.9 Å². The summed E-state index contributed by atoms with van der Waals surface area (Å²) >= 11 is 0. The second-order valence-corrected chi connectivity index (χ2v) is 5.42. The number of hydrogen-bond acceptors (Lipinski definition) is 2. The highest BCUT2D eigenvalue weighted by atomic mass is 16.3. The van der Waals surface area contributed by atoms with E-state index in [1.54, 1.807) is 6.20 Å². The summed E-state index contributed by atoms with van der Waals surface area (Å²) in [5, 5.41) is 11.7. The Balaban J connectivity index is 1.70. The molecule has 0 saturated heterocycles. The van der Waals surface area contributed by atoms with Crippen LogP contribution in [0.25, 0.3) is 10.9 Å². The summed E-state index contributed by atoms with van der Waals surface area (Å²) in [4.78, 5) is 4.44. The Bertz CT molecular complexity index is 781. The van der Waals surface area contributed by atoms with Crippen LogP contribution < -0.4 is 0 Å². The molecule has 20 heavy (non-hydrogen) atoms. The molecule has 2 nitrogen and oxygen atoms in total. The largest absolute Gasteiger partial charge is 0.388 e. The molecule has 0 aliphatic heterocycles. The molecule has 2 aromatic carbocycles. The smallest absolute Gasteiger partial charge is 0.0876 e. The van der Waals surface area contributed by atoms with E-state index >= 15 is 0 Å². The van der Waals surface area contributed by atoms with Crippen LogP contribution in [-0.4, -0.2) is 10.1 Å². The normalized spacial score (nSPS) is 18.4. The van der Waals surface area contributed by atoms with Crippen molar-refractivity contribution in [3.63, 3.8) is 0 Å². The van der Waals surface area contributed by atoms with Gasteiger partial charge in [-0.25, -0.2) is 0 Å². The average Bonchev–Trinajstić information content (AvgIpc) is 2.48. The third kappa shape index (κ3) is 1.73. The van der Waals surface area contributed by atoms with Gasteiger partial charge in [-0.05, 0) is 29.7 Å². The van der Waals surface area contributed by atoms with Crippen LogP contribution in [0.3, 0.4) is 0 Å². The minimum atomic E-state index is -0.470. The van der Waals surface area contributed by atoms with Crippen LogP contribution in [0.2, 0.25) is 0 Å². The second kappa shape index (κ2) is 4.43. The maximum atomic E-state index is 10.6. The van der Waals surface area contributed by atoms with Gasteiger partial charge in [0.1, 0.15) is 0 Å². The summed E-state index contributed by atoms with van der Waals surface area (Å²) in [5.41, 5.74) is 4.50. The van der Waals surface area contributed by atoms with Crippen molar-refractivity contribution in [2.45, 2.75) is 18.4 Å². The lowest BCUT2D eigenvalue weighted by molar-refractivity contribution is 0.134. The fourth-order valence-electron chi connectivity index (χ4n) is 3.06. The maximum absolute atomic E-state index is 10.6. The molecule has 1 N–H and O–H groups in total. The number of aliphatic hydroxyl groups excluding tert-OH is 1. The molecule has 4 rings (SSSR count). The van der Waals surface area contributed by atoms with Crippen LogP contribution in [0.5, 0.6) is 0 Å². The Hall–Kier alpha value is -2.19. The van der Waals surface area contributed by atoms with Gasteiger partial charge in [-0.2, -0.15) is 0 Å². The first-order chi connectivity index (χ1) is 9.83. The SMILES string of the molecule is OC(c1cnc2ccccc2c1)C1Cc2ccccc21. The number of aliphatic hydroxyl groups is 1. The molecule has 2 atom stereocenters. The Kier molecular flexibility index (Phi) is 2.57. The molecular formula is C18H15NO. The predicted octanol–water partition coefficient (Wildman–Crippen LogP) is 3.61. The lowest BCUT2D eigenvalue weighted by Gasteiger charge is -2.34. The van der Waals surface area contributed by atoms with E-state index in [2.05, 4.69) is 23.2 Å². The van der Waals surface area contributed by atoms with E-state index in [0.717, 1.165) is 22.9 Å². The Labute approximate surface area is 117 Å². The van der Waals surface area contributed by atoms with Gasteiger partial charge >= 0.3 is 0 Å². The van der Waals surface area contributed by atoms with E-state index in [0.29, 0.717) is 0 Å². The number of pyridine rings is 1. The fourth-order valence-corrected chi connectivity index (χ4v) is 3.06. The van der Waals surface area contributed by atoms with Gasteiger partial charge in [-0.1, -0.05) is 42.5 Å². The van der Waals surface area contributed by atoms with Crippen molar-refractivity contribution in [1.82, 2.24) is 4.98 Å². The number of rotatable bonds is 2. The summed E-state index contributed by atoms with van der Waals surface area (Å²) in [7, 11) is 0. The summed E-state index contributed by atoms with van der Waals surface area (Å²) in [6, 6.07) is 18.4. The standard InChI is InChI=1S/C18H15NO/c20-18(16-10-12-5-1-3-7-15(12)16)14-9-13-6-2-4-8-17(13)19-11-14/h1-9,11,16,18,20H,10H2. The van der Waals surface area contributed by atoms with Gasteiger partial charge < -0.3 is 5.11 Å². The lowest BCUT2D eigenvalue weighted by Crippen LogP contribution is -2.23. The highest BCUT2D eigenvalue weighted by Crippen LogP contribution is 2.43. The molecule has 1 heterocycles. The molecular weight excluding hydrogens is 246 g/mol. The van der Waals surface area contributed by atoms with E-state index in [-0.39, 0.29) is 5.92 Å². The first kappa shape index (κ1) is 11.6. The molecule has 0 radical (unpaired) electrons. The third-order valence-electron chi connectivity index (χ3n) is 4.23. The van der Waals surface area contributed by atoms with E-state index in [1.165, 1.54) is 11.1 Å². The molecule has 0 saturated carbocycles. The Morgan fingerprint density at radius 3 is 2.75 bits per heavy atom. The maximum Gasteiger partial charge on any atom is 0.0876 e. The number of para-hydroxylation sites is 1. The van der Waals surface area contributed by atoms with Gasteiger partial charge in [-0.3, -0.25) is 4.98 Å². The molecule has 0 spiro atoms. The van der Waals surface area contributed by atoms with Crippen LogP contribution in [-0.2, 0) is 6.42 Å². The van der Waals surface area contributed by atoms with Crippen molar-refractivity contribution in [2.75, 3.05) is 0 Å². The zero-order valence-corrected chi connectivity index (χ0v) is 11.0. The minimum absolute atomic E-state index is 0.203. The Morgan fingerprint density at radius 2 is 1.85 bits per heavy atom. The van der Waals surface area contributed by atoms with Gasteiger partial charge in [0.05, 0.1) is 11.6 Å². The zero-order valence-electron chi connectivity index (χ0n) is 11.0. The van der Waals surface area contributed by atoms with Gasteiger partial charge in [0, 0.05) is 23.1 Å². The van der Waals surface area contributed by atoms with Crippen molar-refractivity contribution in [3.05, 3.63) is 77.5 Å². The molecule has 1 aliphatic rings. The number of nitrogens with zero attached hydrogens (tertiary/aromatic N) is 1. The second-order valence-electron chi connectivity index (χ2n) is 5.42. The van der Waals surface area contributed by atoms with Crippen molar-refractivity contribution in [2.24, 2.45) is 0 Å². The molecule has 2 heteroatoms. The molecule has 1 aliphatic carbocycles. The number of hydrogen-bond donors (Lipinski definition) is 1. The monoisotopic (exact) mass is 261 g/mol. The van der Waals surface area contributed by atoms with E-state index in [4.69, 9.17) is 0 Å². The molecule has 3 aromatic rings. The van der Waals surface area contributed by atoms with E-state index in [9.17, 15) is 5.11 Å². The summed E-state index contributed by atoms with van der Waals surface area (Å²) in [6.07, 6.45) is 2.28. The molecule has 0 fully saturated rings. The van der Waals surface area contributed by atoms with Crippen molar-refractivity contribution in [3.8, 4) is 0 Å². The van der Waals surface area contributed by atoms with Crippen LogP contribution in [0.1, 0.15) is 28.7 Å². The molecule has 0 amide bonds. The predicted molar refractivity (Wildman–Crippen MR) is 79.6 cm³/mol. The Morgan fingerprint density at radius 1 is 1.05 bits per heavy atom. The first-order valence-corrected chi connectivity index (χ1v) is 6.93. The van der Waals surface area contributed by atoms with Crippen molar-refractivity contribution in [1.29, 1.82) is 0 Å². The third-order valence-corrected chi connectivity index (χ3v) is 4.23. The molecule has 1 aromatic heterocycles. The molecule has 98 valence electrons. The highest BCUT2D eigenvalue weighted by Gasteiger charge is 2.32. The van der Waals surface area contributed by atoms with Crippen LogP contribution in [0.15, 0.2) is 60.8 Å². The summed E-state index contributed by atoms with van der Waals surface area (Å²) < 4.78 is 0. The quantitative estimate of drug-likeness (QED) is 0.764. The summed E-state index contributed by atoms with van der Waals surface area (Å²) in [6.45, 7) is 0. The van der Waals surface area contributed by atoms with Gasteiger partial charge in [0.25, 0.3) is 0 Å². The lowest BCUT2D eigenvalue weighted by atomic mass is 9.73. The zero-order chi connectivity index (χ0) is 13.5. The van der Waals surface area contributed by atoms with Crippen molar-refractivity contribution < 1.29 is 5.11 Å². The fraction of sp³-hybridized carbons (Fsp3) is 0.167. The van der Waals surface area contributed by atoms with Gasteiger partial charge in [0.15, 0.2) is 0 Å². The van der Waals surface area contributed by atoms with Crippen LogP contribution in [0.4, 0.5) is 0 Å². The van der Waals surface area contributed by atoms with Gasteiger partial charge in [0.2, 0.25) is 0 Å². The summed E-state index contributed by atoms with van der Waals surface area (Å²) in [5.74, 6) is 0.203. The topological polar surface area (TPSA) is 33.1 Å². The molecule has 0 bridgehead atoms. The minimum Gasteiger partial charge on any atom is -0.388 e. The van der Waals surface area contributed by atoms with E-state index < -0.39 is 6.10 Å². The average molecular weight is 261 g/mol.